The number of aromatic nitrogens is 2. The number of ether oxygens (including phenoxy) is 1. The number of rotatable bonds is 9. The number of para-hydroxylation sites is 1. The fourth-order valence-corrected chi connectivity index (χ4v) is 4.32. The molecule has 202 valence electrons. The molecule has 0 saturated carbocycles. The molecule has 5 aromatic rings. The van der Waals surface area contributed by atoms with Gasteiger partial charge in [0.15, 0.2) is 0 Å². The predicted octanol–water partition coefficient (Wildman–Crippen LogP) is 7.04. The van der Waals surface area contributed by atoms with Gasteiger partial charge in [0.05, 0.1) is 17.4 Å². The number of halogens is 1. The summed E-state index contributed by atoms with van der Waals surface area (Å²) < 4.78 is 21.5. The molecule has 0 bridgehead atoms. The van der Waals surface area contributed by atoms with Gasteiger partial charge in [0.1, 0.15) is 29.8 Å². The maximum absolute atomic E-state index is 14.0. The highest BCUT2D eigenvalue weighted by molar-refractivity contribution is 6.02. The Morgan fingerprint density at radius 3 is 2.32 bits per heavy atom. The molecule has 1 amide bonds. The van der Waals surface area contributed by atoms with E-state index in [-0.39, 0.29) is 24.0 Å². The minimum absolute atomic E-state index is 0.0357. The molecule has 0 fully saturated rings. The van der Waals surface area contributed by atoms with Crippen LogP contribution in [0.25, 0.3) is 23.0 Å². The Morgan fingerprint density at radius 1 is 0.976 bits per heavy atom. The predicted molar refractivity (Wildman–Crippen MR) is 156 cm³/mol. The molecule has 1 aromatic heterocycles. The number of amides is 1. The van der Waals surface area contributed by atoms with E-state index in [2.05, 4.69) is 5.32 Å². The summed E-state index contributed by atoms with van der Waals surface area (Å²) in [5.74, 6) is -0.217. The van der Waals surface area contributed by atoms with Crippen LogP contribution in [0.2, 0.25) is 0 Å². The monoisotopic (exact) mass is 542 g/mol. The van der Waals surface area contributed by atoms with Crippen LogP contribution in [0.1, 0.15) is 29.7 Å². The fraction of sp³-hybridized carbons (Fsp3) is 0.0882. The van der Waals surface area contributed by atoms with Crippen LogP contribution in [0.5, 0.6) is 5.75 Å². The third-order valence-electron chi connectivity index (χ3n) is 6.56. The molecule has 7 heteroatoms. The Morgan fingerprint density at radius 2 is 1.63 bits per heavy atom. The maximum Gasteiger partial charge on any atom is 0.262 e. The van der Waals surface area contributed by atoms with Gasteiger partial charge in [-0.15, -0.1) is 0 Å². The summed E-state index contributed by atoms with van der Waals surface area (Å²) in [5, 5.41) is 17.6. The second-order valence-corrected chi connectivity index (χ2v) is 9.39. The average Bonchev–Trinajstić information content (AvgIpc) is 3.44. The van der Waals surface area contributed by atoms with Crippen LogP contribution in [-0.4, -0.2) is 15.7 Å². The van der Waals surface area contributed by atoms with Crippen molar-refractivity contribution in [3.8, 4) is 28.8 Å². The Kier molecular flexibility index (Phi) is 8.32. The second-order valence-electron chi connectivity index (χ2n) is 9.39. The first-order chi connectivity index (χ1) is 20.0. The van der Waals surface area contributed by atoms with E-state index in [0.717, 1.165) is 16.8 Å². The lowest BCUT2D eigenvalue weighted by Gasteiger charge is -2.13. The van der Waals surface area contributed by atoms with Crippen LogP contribution < -0.4 is 10.1 Å². The molecule has 6 nitrogen and oxygen atoms in total. The smallest absolute Gasteiger partial charge is 0.262 e. The lowest BCUT2D eigenvalue weighted by molar-refractivity contribution is -0.117. The molecule has 41 heavy (non-hydrogen) atoms. The molecule has 0 radical (unpaired) electrons. The van der Waals surface area contributed by atoms with Gasteiger partial charge in [-0.25, -0.2) is 9.07 Å². The van der Waals surface area contributed by atoms with E-state index in [1.807, 2.05) is 85.8 Å². The van der Waals surface area contributed by atoms with Crippen molar-refractivity contribution in [3.63, 3.8) is 0 Å². The van der Waals surface area contributed by atoms with Crippen LogP contribution in [0.15, 0.2) is 121 Å². The molecule has 0 saturated heterocycles. The number of carbonyl (C=O) groups excluding carboxylic acids is 1. The van der Waals surface area contributed by atoms with Gasteiger partial charge in [-0.1, -0.05) is 66.7 Å². The van der Waals surface area contributed by atoms with Crippen LogP contribution in [0.3, 0.4) is 0 Å². The van der Waals surface area contributed by atoms with Gasteiger partial charge in [0, 0.05) is 22.9 Å². The summed E-state index contributed by atoms with van der Waals surface area (Å²) in [6, 6.07) is 34.6. The normalized spacial score (nSPS) is 11.9. The van der Waals surface area contributed by atoms with E-state index < -0.39 is 5.91 Å². The van der Waals surface area contributed by atoms with Gasteiger partial charge < -0.3 is 10.1 Å². The van der Waals surface area contributed by atoms with E-state index in [1.165, 1.54) is 6.07 Å². The summed E-state index contributed by atoms with van der Waals surface area (Å²) in [6.07, 6.45) is 3.34. The fourth-order valence-electron chi connectivity index (χ4n) is 4.32. The minimum Gasteiger partial charge on any atom is -0.489 e. The highest BCUT2D eigenvalue weighted by atomic mass is 19.1. The van der Waals surface area contributed by atoms with Crippen LogP contribution in [-0.2, 0) is 11.4 Å². The summed E-state index contributed by atoms with van der Waals surface area (Å²) in [7, 11) is 0. The minimum atomic E-state index is -0.473. The van der Waals surface area contributed by atoms with Crippen molar-refractivity contribution in [2.45, 2.75) is 19.6 Å². The highest BCUT2D eigenvalue weighted by Gasteiger charge is 2.17. The van der Waals surface area contributed by atoms with Crippen molar-refractivity contribution in [3.05, 3.63) is 143 Å². The quantitative estimate of drug-likeness (QED) is 0.160. The molecule has 0 aliphatic carbocycles. The van der Waals surface area contributed by atoms with E-state index in [9.17, 15) is 14.4 Å². The van der Waals surface area contributed by atoms with Gasteiger partial charge in [0.25, 0.3) is 5.91 Å². The van der Waals surface area contributed by atoms with Gasteiger partial charge in [0.2, 0.25) is 0 Å². The Balaban J connectivity index is 1.43. The summed E-state index contributed by atoms with van der Waals surface area (Å²) in [4.78, 5) is 13.1. The van der Waals surface area contributed by atoms with Crippen molar-refractivity contribution in [1.29, 1.82) is 5.26 Å². The van der Waals surface area contributed by atoms with E-state index in [4.69, 9.17) is 9.84 Å². The lowest BCUT2D eigenvalue weighted by atomic mass is 10.0. The largest absolute Gasteiger partial charge is 0.489 e. The number of hydrogen-bond donors (Lipinski definition) is 1. The molecule has 1 atom stereocenters. The van der Waals surface area contributed by atoms with Gasteiger partial charge >= 0.3 is 0 Å². The molecule has 0 unspecified atom stereocenters. The van der Waals surface area contributed by atoms with Gasteiger partial charge in [-0.05, 0) is 61.0 Å². The van der Waals surface area contributed by atoms with Gasteiger partial charge in [-0.2, -0.15) is 10.4 Å². The molecular formula is C34H27FN4O2. The van der Waals surface area contributed by atoms with E-state index >= 15 is 0 Å². The molecule has 1 N–H and O–H groups in total. The topological polar surface area (TPSA) is 79.9 Å². The molecule has 0 aliphatic heterocycles. The van der Waals surface area contributed by atoms with E-state index in [1.54, 1.807) is 47.3 Å². The zero-order valence-corrected chi connectivity index (χ0v) is 22.4. The average molecular weight is 543 g/mol. The lowest BCUT2D eigenvalue weighted by Crippen LogP contribution is -2.27. The van der Waals surface area contributed by atoms with Crippen LogP contribution in [0, 0.1) is 17.1 Å². The molecule has 4 aromatic carbocycles. The molecule has 5 rings (SSSR count). The van der Waals surface area contributed by atoms with Gasteiger partial charge in [-0.3, -0.25) is 4.79 Å². The van der Waals surface area contributed by atoms with Crippen LogP contribution in [0.4, 0.5) is 4.39 Å². The number of benzene rings is 4. The van der Waals surface area contributed by atoms with Crippen molar-refractivity contribution in [1.82, 2.24) is 15.1 Å². The summed E-state index contributed by atoms with van der Waals surface area (Å²) >= 11 is 0. The maximum atomic E-state index is 14.0. The third-order valence-corrected chi connectivity index (χ3v) is 6.56. The van der Waals surface area contributed by atoms with E-state index in [0.29, 0.717) is 22.6 Å². The first-order valence-electron chi connectivity index (χ1n) is 13.1. The zero-order chi connectivity index (χ0) is 28.6. The Hall–Kier alpha value is -5.48. The molecule has 1 heterocycles. The molecular weight excluding hydrogens is 515 g/mol. The number of nitrogens with zero attached hydrogens (tertiary/aromatic N) is 3. The van der Waals surface area contributed by atoms with Crippen LogP contribution >= 0.6 is 0 Å². The standard InChI is InChI=1S/C34H27FN4O2/c1-24(25-10-4-2-5-11-25)37-34(40)28(21-36)20-29-22-39(30-13-6-3-7-14-30)38-33(29)26-16-18-31(19-17-26)41-23-27-12-8-9-15-32(27)35/h2-20,22,24H,23H2,1H3,(H,37,40)/b28-20+/t24-/m0/s1. The number of nitrogens with one attached hydrogen (secondary N) is 1. The first-order valence-corrected chi connectivity index (χ1v) is 13.1. The number of carbonyl (C=O) groups is 1. The molecule has 0 spiro atoms. The molecule has 0 aliphatic rings. The Labute approximate surface area is 238 Å². The number of nitriles is 1. The second kappa shape index (κ2) is 12.6. The van der Waals surface area contributed by atoms with Crippen molar-refractivity contribution in [2.24, 2.45) is 0 Å². The Bertz CT molecular complexity index is 1710. The highest BCUT2D eigenvalue weighted by Crippen LogP contribution is 2.28. The first kappa shape index (κ1) is 27.1. The van der Waals surface area contributed by atoms with Crippen molar-refractivity contribution in [2.75, 3.05) is 0 Å². The van der Waals surface area contributed by atoms with Crippen molar-refractivity contribution < 1.29 is 13.9 Å². The zero-order valence-electron chi connectivity index (χ0n) is 22.4. The number of hydrogen-bond acceptors (Lipinski definition) is 4. The van der Waals surface area contributed by atoms with Crippen molar-refractivity contribution >= 4 is 12.0 Å². The summed E-state index contributed by atoms with van der Waals surface area (Å²) in [6.45, 7) is 1.97. The SMILES string of the molecule is C[C@H](NC(=O)/C(C#N)=C/c1cn(-c2ccccc2)nc1-c1ccc(OCc2ccccc2F)cc1)c1ccccc1. The summed E-state index contributed by atoms with van der Waals surface area (Å²) in [5.41, 5.74) is 4.16. The third kappa shape index (κ3) is 6.57.